The molecule has 2 heterocycles. The second-order valence-corrected chi connectivity index (χ2v) is 7.49. The quantitative estimate of drug-likeness (QED) is 0.545. The molecule has 0 fully saturated rings. The van der Waals surface area contributed by atoms with Crippen LogP contribution in [0.3, 0.4) is 0 Å². The summed E-state index contributed by atoms with van der Waals surface area (Å²) in [6.45, 7) is 3.14. The molecule has 1 aromatic heterocycles. The van der Waals surface area contributed by atoms with E-state index in [-0.39, 0.29) is 18.5 Å². The zero-order valence-corrected chi connectivity index (χ0v) is 18.2. The maximum Gasteiger partial charge on any atom is 0.240 e. The molecule has 2 N–H and O–H groups in total. The highest BCUT2D eigenvalue weighted by molar-refractivity contribution is 7.71. The third-order valence-electron chi connectivity index (χ3n) is 5.12. The molecule has 0 aliphatic carbocycles. The van der Waals surface area contributed by atoms with Crippen molar-refractivity contribution in [2.24, 2.45) is 0 Å². The van der Waals surface area contributed by atoms with Gasteiger partial charge in [0.05, 0.1) is 13.2 Å². The molecule has 4 rings (SSSR count). The molecule has 1 aliphatic heterocycles. The number of fused-ring (bicyclic) bond motifs is 1. The Labute approximate surface area is 185 Å². The van der Waals surface area contributed by atoms with Gasteiger partial charge in [-0.15, -0.1) is 0 Å². The van der Waals surface area contributed by atoms with Gasteiger partial charge >= 0.3 is 0 Å². The largest absolute Gasteiger partial charge is 0.497 e. The van der Waals surface area contributed by atoms with Crippen LogP contribution in [0.4, 0.5) is 0 Å². The number of amides is 1. The second-order valence-electron chi connectivity index (χ2n) is 7.10. The molecule has 2 aromatic carbocycles. The monoisotopic (exact) mass is 440 g/mol. The van der Waals surface area contributed by atoms with Crippen LogP contribution in [0.25, 0.3) is 11.4 Å². The molecule has 0 saturated heterocycles. The van der Waals surface area contributed by atoms with Crippen LogP contribution in [-0.2, 0) is 11.3 Å². The topological polar surface area (TPSA) is 90.4 Å². The summed E-state index contributed by atoms with van der Waals surface area (Å²) in [4.78, 5) is 12.9. The van der Waals surface area contributed by atoms with Gasteiger partial charge in [0, 0.05) is 5.56 Å². The summed E-state index contributed by atoms with van der Waals surface area (Å²) in [6, 6.07) is 13.0. The summed E-state index contributed by atoms with van der Waals surface area (Å²) in [5.41, 5.74) is 1.80. The number of aromatic nitrogens is 3. The number of nitrogens with one attached hydrogen (secondary N) is 2. The molecule has 162 valence electrons. The smallest absolute Gasteiger partial charge is 0.240 e. The summed E-state index contributed by atoms with van der Waals surface area (Å²) < 4.78 is 18.5. The zero-order valence-electron chi connectivity index (χ0n) is 17.4. The molecule has 9 heteroatoms. The van der Waals surface area contributed by atoms with Crippen molar-refractivity contribution in [1.29, 1.82) is 0 Å². The summed E-state index contributed by atoms with van der Waals surface area (Å²) in [6.07, 6.45) is 0.730. The van der Waals surface area contributed by atoms with Crippen LogP contribution in [-0.4, -0.2) is 41.0 Å². The predicted molar refractivity (Wildman–Crippen MR) is 118 cm³/mol. The fraction of sp³-hybridized carbons (Fsp3) is 0.318. The minimum Gasteiger partial charge on any atom is -0.497 e. The molecule has 0 radical (unpaired) electrons. The molecule has 0 spiro atoms. The standard InChI is InChI=1S/C22H24N4O4S/c1-3-17(15-6-9-18-19(12-15)30-11-10-29-18)23-20(27)13-26-21(24-25-22(26)31)14-4-7-16(28-2)8-5-14/h4-9,12,17H,3,10-11,13H2,1-2H3,(H,23,27)(H,25,31). The van der Waals surface area contributed by atoms with Gasteiger partial charge in [0.15, 0.2) is 22.1 Å². The molecule has 0 saturated carbocycles. The van der Waals surface area contributed by atoms with Crippen molar-refractivity contribution in [2.75, 3.05) is 20.3 Å². The Morgan fingerprint density at radius 3 is 2.68 bits per heavy atom. The number of carbonyl (C=O) groups excluding carboxylic acids is 1. The Bertz CT molecular complexity index is 1120. The summed E-state index contributed by atoms with van der Waals surface area (Å²) in [7, 11) is 1.61. The van der Waals surface area contributed by atoms with Crippen LogP contribution in [0.5, 0.6) is 17.2 Å². The number of carbonyl (C=O) groups is 1. The van der Waals surface area contributed by atoms with Gasteiger partial charge in [-0.1, -0.05) is 13.0 Å². The molecule has 1 unspecified atom stereocenters. The van der Waals surface area contributed by atoms with Crippen molar-refractivity contribution in [2.45, 2.75) is 25.9 Å². The number of hydrogen-bond acceptors (Lipinski definition) is 6. The average molecular weight is 441 g/mol. The highest BCUT2D eigenvalue weighted by atomic mass is 32.1. The predicted octanol–water partition coefficient (Wildman–Crippen LogP) is 3.65. The maximum absolute atomic E-state index is 12.9. The Morgan fingerprint density at radius 2 is 1.97 bits per heavy atom. The van der Waals surface area contributed by atoms with Gasteiger partial charge in [-0.3, -0.25) is 14.5 Å². The van der Waals surface area contributed by atoms with E-state index in [1.165, 1.54) is 0 Å². The van der Waals surface area contributed by atoms with Gasteiger partial charge in [0.2, 0.25) is 5.91 Å². The van der Waals surface area contributed by atoms with E-state index < -0.39 is 0 Å². The van der Waals surface area contributed by atoms with E-state index in [0.717, 1.165) is 29.0 Å². The first kappa shape index (κ1) is 20.9. The van der Waals surface area contributed by atoms with Crippen molar-refractivity contribution < 1.29 is 19.0 Å². The van der Waals surface area contributed by atoms with E-state index >= 15 is 0 Å². The summed E-state index contributed by atoms with van der Waals surface area (Å²) in [5, 5.41) is 10.2. The van der Waals surface area contributed by atoms with E-state index in [9.17, 15) is 4.79 Å². The highest BCUT2D eigenvalue weighted by Gasteiger charge is 2.19. The minimum absolute atomic E-state index is 0.0533. The number of H-pyrrole nitrogens is 1. The second kappa shape index (κ2) is 9.22. The molecular formula is C22H24N4O4S. The molecule has 3 aromatic rings. The van der Waals surface area contributed by atoms with Crippen LogP contribution >= 0.6 is 12.2 Å². The first-order chi connectivity index (χ1) is 15.1. The van der Waals surface area contributed by atoms with Crippen LogP contribution in [0.15, 0.2) is 42.5 Å². The number of hydrogen-bond donors (Lipinski definition) is 2. The molecule has 1 atom stereocenters. The number of benzene rings is 2. The van der Waals surface area contributed by atoms with Crippen LogP contribution in [0, 0.1) is 4.77 Å². The fourth-order valence-electron chi connectivity index (χ4n) is 3.51. The van der Waals surface area contributed by atoms with Gasteiger partial charge in [-0.2, -0.15) is 5.10 Å². The molecule has 1 aliphatic rings. The van der Waals surface area contributed by atoms with Gasteiger partial charge < -0.3 is 19.5 Å². The Morgan fingerprint density at radius 1 is 1.23 bits per heavy atom. The zero-order chi connectivity index (χ0) is 21.8. The lowest BCUT2D eigenvalue weighted by atomic mass is 10.0. The number of aromatic amines is 1. The SMILES string of the molecule is CCC(NC(=O)Cn1c(-c2ccc(OC)cc2)n[nH]c1=S)c1ccc2c(c1)OCCO2. The van der Waals surface area contributed by atoms with Crippen molar-refractivity contribution >= 4 is 18.1 Å². The average Bonchev–Trinajstić information content (AvgIpc) is 3.17. The van der Waals surface area contributed by atoms with Crippen LogP contribution < -0.4 is 19.5 Å². The van der Waals surface area contributed by atoms with Crippen molar-refractivity contribution in [3.8, 4) is 28.6 Å². The lowest BCUT2D eigenvalue weighted by Gasteiger charge is -2.22. The van der Waals surface area contributed by atoms with E-state index in [4.69, 9.17) is 26.4 Å². The molecule has 0 bridgehead atoms. The Kier molecular flexibility index (Phi) is 6.22. The summed E-state index contributed by atoms with van der Waals surface area (Å²) in [5.74, 6) is 2.61. The van der Waals surface area contributed by atoms with E-state index in [0.29, 0.717) is 29.6 Å². The molecule has 8 nitrogen and oxygen atoms in total. The highest BCUT2D eigenvalue weighted by Crippen LogP contribution is 2.33. The van der Waals surface area contributed by atoms with Gasteiger partial charge in [-0.25, -0.2) is 0 Å². The minimum atomic E-state index is -0.158. The Balaban J connectivity index is 1.50. The number of ether oxygens (including phenoxy) is 3. The summed E-state index contributed by atoms with van der Waals surface area (Å²) >= 11 is 5.35. The first-order valence-electron chi connectivity index (χ1n) is 10.1. The number of rotatable bonds is 7. The normalized spacial score (nSPS) is 13.5. The molecule has 31 heavy (non-hydrogen) atoms. The van der Waals surface area contributed by atoms with E-state index in [2.05, 4.69) is 15.5 Å². The van der Waals surface area contributed by atoms with Crippen molar-refractivity contribution in [3.63, 3.8) is 0 Å². The van der Waals surface area contributed by atoms with Gasteiger partial charge in [-0.05, 0) is 60.6 Å². The maximum atomic E-state index is 12.9. The van der Waals surface area contributed by atoms with Crippen LogP contribution in [0.2, 0.25) is 0 Å². The lowest BCUT2D eigenvalue weighted by Crippen LogP contribution is -2.31. The first-order valence-corrected chi connectivity index (χ1v) is 10.5. The number of methoxy groups -OCH3 is 1. The molecule has 1 amide bonds. The fourth-order valence-corrected chi connectivity index (χ4v) is 3.70. The number of nitrogens with zero attached hydrogens (tertiary/aromatic N) is 2. The Hall–Kier alpha value is -3.33. The van der Waals surface area contributed by atoms with Gasteiger partial charge in [0.25, 0.3) is 0 Å². The third kappa shape index (κ3) is 4.56. The van der Waals surface area contributed by atoms with E-state index in [1.54, 1.807) is 11.7 Å². The third-order valence-corrected chi connectivity index (χ3v) is 5.43. The lowest BCUT2D eigenvalue weighted by molar-refractivity contribution is -0.122. The van der Waals surface area contributed by atoms with Crippen molar-refractivity contribution in [3.05, 3.63) is 52.8 Å². The van der Waals surface area contributed by atoms with Crippen molar-refractivity contribution in [1.82, 2.24) is 20.1 Å². The van der Waals surface area contributed by atoms with Crippen LogP contribution in [0.1, 0.15) is 24.9 Å². The van der Waals surface area contributed by atoms with Gasteiger partial charge in [0.1, 0.15) is 25.5 Å². The van der Waals surface area contributed by atoms with E-state index in [1.807, 2.05) is 49.4 Å². The molecular weight excluding hydrogens is 416 g/mol.